The number of unbranched alkanes of at least 4 members (excludes halogenated alkanes) is 2. The third kappa shape index (κ3) is 4.58. The van der Waals surface area contributed by atoms with E-state index in [0.29, 0.717) is 6.04 Å². The first-order valence-corrected chi connectivity index (χ1v) is 7.27. The van der Waals surface area contributed by atoms with Crippen LogP contribution in [0.1, 0.15) is 46.5 Å². The summed E-state index contributed by atoms with van der Waals surface area (Å²) < 4.78 is 0. The Hall–Kier alpha value is -0.610. The molecule has 0 aromatic carbocycles. The summed E-state index contributed by atoms with van der Waals surface area (Å²) in [5.74, 6) is -0.709. The highest BCUT2D eigenvalue weighted by atomic mass is 16.4. The Balaban J connectivity index is 2.28. The van der Waals surface area contributed by atoms with E-state index < -0.39 is 5.97 Å². The van der Waals surface area contributed by atoms with E-state index >= 15 is 0 Å². The molecule has 4 nitrogen and oxygen atoms in total. The summed E-state index contributed by atoms with van der Waals surface area (Å²) >= 11 is 0. The van der Waals surface area contributed by atoms with Gasteiger partial charge < -0.3 is 5.11 Å². The normalized spacial score (nSPS) is 21.7. The fraction of sp³-hybridized carbons (Fsp3) is 0.929. The Morgan fingerprint density at radius 1 is 1.11 bits per heavy atom. The van der Waals surface area contributed by atoms with Gasteiger partial charge in [-0.1, -0.05) is 26.2 Å². The van der Waals surface area contributed by atoms with Crippen molar-refractivity contribution < 1.29 is 9.90 Å². The molecule has 4 heteroatoms. The number of carboxylic acids is 1. The van der Waals surface area contributed by atoms with Gasteiger partial charge in [-0.25, -0.2) is 0 Å². The lowest BCUT2D eigenvalue weighted by atomic mass is 10.1. The van der Waals surface area contributed by atoms with Crippen LogP contribution < -0.4 is 0 Å². The van der Waals surface area contributed by atoms with Gasteiger partial charge in [-0.05, 0) is 20.3 Å². The number of carboxylic acid groups (broad SMARTS) is 1. The quantitative estimate of drug-likeness (QED) is 0.708. The summed E-state index contributed by atoms with van der Waals surface area (Å²) in [4.78, 5) is 15.5. The van der Waals surface area contributed by atoms with Crippen molar-refractivity contribution in [3.8, 4) is 0 Å². The highest BCUT2D eigenvalue weighted by Crippen LogP contribution is 2.14. The highest BCUT2D eigenvalue weighted by Gasteiger charge is 2.26. The van der Waals surface area contributed by atoms with E-state index in [1.54, 1.807) is 6.92 Å². The minimum absolute atomic E-state index is 0.345. The number of carbonyl (C=O) groups is 1. The first kappa shape index (κ1) is 15.4. The number of hydrogen-bond acceptors (Lipinski definition) is 3. The molecule has 1 fully saturated rings. The molecule has 0 aromatic heterocycles. The largest absolute Gasteiger partial charge is 0.480 e. The van der Waals surface area contributed by atoms with Crippen molar-refractivity contribution in [2.24, 2.45) is 0 Å². The Kier molecular flexibility index (Phi) is 6.65. The maximum absolute atomic E-state index is 10.9. The van der Waals surface area contributed by atoms with Gasteiger partial charge in [-0.15, -0.1) is 0 Å². The van der Waals surface area contributed by atoms with E-state index in [4.69, 9.17) is 5.11 Å². The molecule has 1 aliphatic heterocycles. The minimum atomic E-state index is -0.709. The first-order chi connectivity index (χ1) is 8.56. The van der Waals surface area contributed by atoms with Crippen LogP contribution in [-0.4, -0.2) is 59.1 Å². The summed E-state index contributed by atoms with van der Waals surface area (Å²) in [6.07, 6.45) is 5.17. The van der Waals surface area contributed by atoms with Gasteiger partial charge in [-0.3, -0.25) is 14.6 Å². The maximum atomic E-state index is 10.9. The summed E-state index contributed by atoms with van der Waals surface area (Å²) in [6.45, 7) is 10.1. The van der Waals surface area contributed by atoms with E-state index in [2.05, 4.69) is 23.6 Å². The molecule has 2 atom stereocenters. The zero-order chi connectivity index (χ0) is 13.5. The summed E-state index contributed by atoms with van der Waals surface area (Å²) in [5, 5.41) is 9.00. The van der Waals surface area contributed by atoms with E-state index in [9.17, 15) is 4.79 Å². The fourth-order valence-electron chi connectivity index (χ4n) is 2.59. The molecule has 2 unspecified atom stereocenters. The highest BCUT2D eigenvalue weighted by molar-refractivity contribution is 5.72. The smallest absolute Gasteiger partial charge is 0.320 e. The average Bonchev–Trinajstić information content (AvgIpc) is 2.38. The molecule has 0 radical (unpaired) electrons. The molecular formula is C14H28N2O2. The van der Waals surface area contributed by atoms with Crippen LogP contribution in [0.4, 0.5) is 0 Å². The molecule has 0 spiro atoms. The van der Waals surface area contributed by atoms with Crippen LogP contribution in [0.25, 0.3) is 0 Å². The van der Waals surface area contributed by atoms with Crippen molar-refractivity contribution in [3.05, 3.63) is 0 Å². The van der Waals surface area contributed by atoms with Gasteiger partial charge in [0.2, 0.25) is 0 Å². The molecule has 1 rings (SSSR count). The summed E-state index contributed by atoms with van der Waals surface area (Å²) in [7, 11) is 0. The SMILES string of the molecule is CCCCCC(C)N1CCN(C(C)C(=O)O)CC1. The number of aliphatic carboxylic acids is 1. The topological polar surface area (TPSA) is 43.8 Å². The van der Waals surface area contributed by atoms with Crippen molar-refractivity contribution in [2.75, 3.05) is 26.2 Å². The Morgan fingerprint density at radius 2 is 1.67 bits per heavy atom. The van der Waals surface area contributed by atoms with Crippen LogP contribution in [0.5, 0.6) is 0 Å². The lowest BCUT2D eigenvalue weighted by Gasteiger charge is -2.39. The standard InChI is InChI=1S/C14H28N2O2/c1-4-5-6-7-12(2)15-8-10-16(11-9-15)13(3)14(17)18/h12-13H,4-11H2,1-3H3,(H,17,18). The molecule has 1 heterocycles. The van der Waals surface area contributed by atoms with Gasteiger partial charge in [0.15, 0.2) is 0 Å². The van der Waals surface area contributed by atoms with Crippen molar-refractivity contribution in [2.45, 2.75) is 58.5 Å². The molecule has 0 bridgehead atoms. The maximum Gasteiger partial charge on any atom is 0.320 e. The Labute approximate surface area is 111 Å². The second-order valence-electron chi connectivity index (χ2n) is 5.43. The average molecular weight is 256 g/mol. The van der Waals surface area contributed by atoms with Gasteiger partial charge in [-0.2, -0.15) is 0 Å². The van der Waals surface area contributed by atoms with Crippen molar-refractivity contribution in [1.82, 2.24) is 9.80 Å². The lowest BCUT2D eigenvalue weighted by Crippen LogP contribution is -2.53. The fourth-order valence-corrected chi connectivity index (χ4v) is 2.59. The number of nitrogens with zero attached hydrogens (tertiary/aromatic N) is 2. The van der Waals surface area contributed by atoms with Gasteiger partial charge in [0.05, 0.1) is 0 Å². The molecule has 1 aliphatic rings. The predicted molar refractivity (Wildman–Crippen MR) is 73.8 cm³/mol. The Bertz CT molecular complexity index is 250. The van der Waals surface area contributed by atoms with E-state index in [1.807, 2.05) is 0 Å². The second kappa shape index (κ2) is 7.74. The molecule has 1 N–H and O–H groups in total. The third-order valence-corrected chi connectivity index (χ3v) is 4.10. The summed E-state index contributed by atoms with van der Waals surface area (Å²) in [5.41, 5.74) is 0. The van der Waals surface area contributed by atoms with Crippen molar-refractivity contribution in [3.63, 3.8) is 0 Å². The van der Waals surface area contributed by atoms with Crippen LogP contribution in [0.2, 0.25) is 0 Å². The van der Waals surface area contributed by atoms with Crippen molar-refractivity contribution in [1.29, 1.82) is 0 Å². The lowest BCUT2D eigenvalue weighted by molar-refractivity contribution is -0.143. The van der Waals surface area contributed by atoms with Crippen LogP contribution in [0.15, 0.2) is 0 Å². The van der Waals surface area contributed by atoms with E-state index in [0.717, 1.165) is 26.2 Å². The third-order valence-electron chi connectivity index (χ3n) is 4.10. The molecule has 0 aliphatic carbocycles. The van der Waals surface area contributed by atoms with Gasteiger partial charge in [0.25, 0.3) is 0 Å². The van der Waals surface area contributed by atoms with E-state index in [1.165, 1.54) is 25.7 Å². The molecule has 106 valence electrons. The second-order valence-corrected chi connectivity index (χ2v) is 5.43. The van der Waals surface area contributed by atoms with Crippen LogP contribution in [0, 0.1) is 0 Å². The molecule has 0 amide bonds. The first-order valence-electron chi connectivity index (χ1n) is 7.27. The van der Waals surface area contributed by atoms with Gasteiger partial charge in [0.1, 0.15) is 6.04 Å². The van der Waals surface area contributed by atoms with Gasteiger partial charge >= 0.3 is 5.97 Å². The molecule has 0 aromatic rings. The van der Waals surface area contributed by atoms with Crippen LogP contribution in [-0.2, 0) is 4.79 Å². The van der Waals surface area contributed by atoms with Gasteiger partial charge in [0, 0.05) is 32.2 Å². The van der Waals surface area contributed by atoms with E-state index in [-0.39, 0.29) is 6.04 Å². The zero-order valence-corrected chi connectivity index (χ0v) is 12.1. The zero-order valence-electron chi connectivity index (χ0n) is 12.1. The number of rotatable bonds is 7. The molecular weight excluding hydrogens is 228 g/mol. The predicted octanol–water partition coefficient (Wildman–Crippen LogP) is 2.05. The monoisotopic (exact) mass is 256 g/mol. The molecule has 18 heavy (non-hydrogen) atoms. The Morgan fingerprint density at radius 3 is 2.17 bits per heavy atom. The van der Waals surface area contributed by atoms with Crippen LogP contribution in [0.3, 0.4) is 0 Å². The van der Waals surface area contributed by atoms with Crippen LogP contribution >= 0.6 is 0 Å². The summed E-state index contributed by atoms with van der Waals surface area (Å²) in [6, 6.07) is 0.293. The number of hydrogen-bond donors (Lipinski definition) is 1. The molecule has 0 saturated carbocycles. The molecule has 1 saturated heterocycles. The van der Waals surface area contributed by atoms with Crippen molar-refractivity contribution >= 4 is 5.97 Å². The number of piperazine rings is 1. The minimum Gasteiger partial charge on any atom is -0.480 e.